The van der Waals surface area contributed by atoms with Crippen LogP contribution in [-0.4, -0.2) is 33.4 Å². The quantitative estimate of drug-likeness (QED) is 0.578. The maximum atomic E-state index is 12.2. The van der Waals surface area contributed by atoms with Crippen LogP contribution in [0.25, 0.3) is 0 Å². The van der Waals surface area contributed by atoms with Crippen molar-refractivity contribution in [1.29, 1.82) is 0 Å². The summed E-state index contributed by atoms with van der Waals surface area (Å²) in [7, 11) is -3.56. The van der Waals surface area contributed by atoms with Gasteiger partial charge in [-0.25, -0.2) is 13.1 Å². The van der Waals surface area contributed by atoms with Gasteiger partial charge in [-0.1, -0.05) is 13.0 Å². The van der Waals surface area contributed by atoms with E-state index in [4.69, 9.17) is 4.74 Å². The van der Waals surface area contributed by atoms with Crippen molar-refractivity contribution < 1.29 is 22.7 Å². The number of ether oxygens (including phenoxy) is 1. The molecular weight excluding hydrogens is 394 g/mol. The van der Waals surface area contributed by atoms with Crippen molar-refractivity contribution in [2.75, 3.05) is 23.8 Å². The maximum Gasteiger partial charge on any atom is 0.262 e. The van der Waals surface area contributed by atoms with Gasteiger partial charge >= 0.3 is 0 Å². The van der Waals surface area contributed by atoms with Gasteiger partial charge in [0, 0.05) is 24.8 Å². The van der Waals surface area contributed by atoms with E-state index >= 15 is 0 Å². The van der Waals surface area contributed by atoms with E-state index in [1.54, 1.807) is 31.2 Å². The van der Waals surface area contributed by atoms with Crippen LogP contribution in [0.3, 0.4) is 0 Å². The van der Waals surface area contributed by atoms with Crippen LogP contribution in [-0.2, 0) is 19.6 Å². The molecule has 0 spiro atoms. The topological polar surface area (TPSA) is 114 Å². The van der Waals surface area contributed by atoms with Crippen molar-refractivity contribution in [3.05, 3.63) is 48.0 Å². The lowest BCUT2D eigenvalue weighted by atomic mass is 10.2. The van der Waals surface area contributed by atoms with E-state index in [0.29, 0.717) is 35.7 Å². The summed E-state index contributed by atoms with van der Waals surface area (Å²) < 4.78 is 32.4. The lowest BCUT2D eigenvalue weighted by Gasteiger charge is -2.12. The number of carbonyl (C=O) groups is 2. The second-order valence-corrected chi connectivity index (χ2v) is 8.19. The first kappa shape index (κ1) is 22.4. The van der Waals surface area contributed by atoms with Crippen LogP contribution in [0.15, 0.2) is 47.4 Å². The summed E-state index contributed by atoms with van der Waals surface area (Å²) in [6.07, 6.45) is 0.697. The van der Waals surface area contributed by atoms with Crippen molar-refractivity contribution in [2.24, 2.45) is 0 Å². The Kier molecular flexibility index (Phi) is 7.74. The summed E-state index contributed by atoms with van der Waals surface area (Å²) in [6.45, 7) is 5.11. The number of aryl methyl sites for hydroxylation is 1. The Labute approximate surface area is 170 Å². The van der Waals surface area contributed by atoms with Gasteiger partial charge in [0.1, 0.15) is 5.75 Å². The minimum atomic E-state index is -3.56. The Balaban J connectivity index is 1.97. The minimum absolute atomic E-state index is 0.148. The zero-order valence-electron chi connectivity index (χ0n) is 16.6. The Morgan fingerprint density at radius 1 is 1.03 bits per heavy atom. The average Bonchev–Trinajstić information content (AvgIpc) is 2.65. The first-order valence-electron chi connectivity index (χ1n) is 9.12. The third kappa shape index (κ3) is 6.88. The summed E-state index contributed by atoms with van der Waals surface area (Å²) in [5.74, 6) is -0.171. The molecule has 0 aromatic heterocycles. The number of carbonyl (C=O) groups excluding carboxylic acids is 2. The van der Waals surface area contributed by atoms with Crippen LogP contribution in [0.4, 0.5) is 11.4 Å². The fourth-order valence-electron chi connectivity index (χ4n) is 2.49. The SMILES string of the molecule is CCCNS(=O)(=O)c1ccc(OCC(=O)Nc2cccc(NC(C)=O)c2)c(C)c1. The molecule has 8 nitrogen and oxygen atoms in total. The fourth-order valence-corrected chi connectivity index (χ4v) is 3.71. The van der Waals surface area contributed by atoms with Gasteiger partial charge in [0.2, 0.25) is 15.9 Å². The number of sulfonamides is 1. The summed E-state index contributed by atoms with van der Waals surface area (Å²) in [6, 6.07) is 11.2. The van der Waals surface area contributed by atoms with Gasteiger partial charge in [0.05, 0.1) is 4.90 Å². The molecule has 0 aliphatic rings. The predicted molar refractivity (Wildman–Crippen MR) is 112 cm³/mol. The summed E-state index contributed by atoms with van der Waals surface area (Å²) in [4.78, 5) is 23.4. The summed E-state index contributed by atoms with van der Waals surface area (Å²) in [5, 5.41) is 5.32. The van der Waals surface area contributed by atoms with Crippen LogP contribution in [0.5, 0.6) is 5.75 Å². The van der Waals surface area contributed by atoms with Crippen molar-refractivity contribution in [2.45, 2.75) is 32.1 Å². The first-order valence-corrected chi connectivity index (χ1v) is 10.6. The highest BCUT2D eigenvalue weighted by molar-refractivity contribution is 7.89. The van der Waals surface area contributed by atoms with Crippen LogP contribution in [0.1, 0.15) is 25.8 Å². The third-order valence-corrected chi connectivity index (χ3v) is 5.28. The molecule has 0 heterocycles. The zero-order chi connectivity index (χ0) is 21.4. The second-order valence-electron chi connectivity index (χ2n) is 6.42. The van der Waals surface area contributed by atoms with Gasteiger partial charge in [-0.2, -0.15) is 0 Å². The fraction of sp³-hybridized carbons (Fsp3) is 0.300. The highest BCUT2D eigenvalue weighted by Gasteiger charge is 2.15. The van der Waals surface area contributed by atoms with E-state index in [-0.39, 0.29) is 23.3 Å². The van der Waals surface area contributed by atoms with Gasteiger partial charge in [0.15, 0.2) is 6.61 Å². The van der Waals surface area contributed by atoms with E-state index < -0.39 is 10.0 Å². The third-order valence-electron chi connectivity index (χ3n) is 3.82. The van der Waals surface area contributed by atoms with E-state index in [0.717, 1.165) is 0 Å². The monoisotopic (exact) mass is 419 g/mol. The Hall–Kier alpha value is -2.91. The van der Waals surface area contributed by atoms with Gasteiger partial charge in [-0.3, -0.25) is 9.59 Å². The molecule has 2 aromatic rings. The van der Waals surface area contributed by atoms with Crippen molar-refractivity contribution in [3.8, 4) is 5.75 Å². The van der Waals surface area contributed by atoms with E-state index in [1.165, 1.54) is 25.1 Å². The molecule has 0 radical (unpaired) electrons. The van der Waals surface area contributed by atoms with Crippen molar-refractivity contribution in [3.63, 3.8) is 0 Å². The van der Waals surface area contributed by atoms with Gasteiger partial charge < -0.3 is 15.4 Å². The highest BCUT2D eigenvalue weighted by Crippen LogP contribution is 2.22. The molecule has 0 saturated carbocycles. The molecule has 2 rings (SSSR count). The van der Waals surface area contributed by atoms with Crippen molar-refractivity contribution >= 4 is 33.2 Å². The van der Waals surface area contributed by atoms with Gasteiger partial charge in [-0.05, 0) is 55.3 Å². The lowest BCUT2D eigenvalue weighted by molar-refractivity contribution is -0.118. The van der Waals surface area contributed by atoms with Crippen LogP contribution < -0.4 is 20.1 Å². The van der Waals surface area contributed by atoms with Gasteiger partial charge in [-0.15, -0.1) is 0 Å². The Bertz CT molecular complexity index is 989. The molecule has 0 bridgehead atoms. The van der Waals surface area contributed by atoms with Crippen LogP contribution >= 0.6 is 0 Å². The first-order chi connectivity index (χ1) is 13.7. The number of anilines is 2. The smallest absolute Gasteiger partial charge is 0.262 e. The number of rotatable bonds is 9. The molecule has 0 saturated heterocycles. The Morgan fingerprint density at radius 2 is 1.72 bits per heavy atom. The standard InChI is InChI=1S/C20H25N3O5S/c1-4-10-21-29(26,27)18-8-9-19(14(2)11-18)28-13-20(25)23-17-7-5-6-16(12-17)22-15(3)24/h5-9,11-12,21H,4,10,13H2,1-3H3,(H,22,24)(H,23,25). The molecular formula is C20H25N3O5S. The predicted octanol–water partition coefficient (Wildman–Crippen LogP) is 2.66. The molecule has 0 atom stereocenters. The molecule has 0 fully saturated rings. The highest BCUT2D eigenvalue weighted by atomic mass is 32.2. The molecule has 9 heteroatoms. The van der Waals surface area contributed by atoms with E-state index in [9.17, 15) is 18.0 Å². The molecule has 3 N–H and O–H groups in total. The number of hydrogen-bond acceptors (Lipinski definition) is 5. The zero-order valence-corrected chi connectivity index (χ0v) is 17.4. The molecule has 2 aromatic carbocycles. The number of benzene rings is 2. The van der Waals surface area contributed by atoms with Gasteiger partial charge in [0.25, 0.3) is 5.91 Å². The second kappa shape index (κ2) is 10.0. The normalized spacial score (nSPS) is 11.0. The summed E-state index contributed by atoms with van der Waals surface area (Å²) >= 11 is 0. The van der Waals surface area contributed by atoms with Crippen LogP contribution in [0, 0.1) is 6.92 Å². The number of amides is 2. The molecule has 0 aliphatic carbocycles. The number of hydrogen-bond donors (Lipinski definition) is 3. The molecule has 0 aliphatic heterocycles. The Morgan fingerprint density at radius 3 is 2.34 bits per heavy atom. The summed E-state index contributed by atoms with van der Waals surface area (Å²) in [5.41, 5.74) is 1.69. The molecule has 29 heavy (non-hydrogen) atoms. The van der Waals surface area contributed by atoms with Crippen molar-refractivity contribution in [1.82, 2.24) is 4.72 Å². The number of nitrogens with one attached hydrogen (secondary N) is 3. The average molecular weight is 420 g/mol. The molecule has 2 amide bonds. The van der Waals surface area contributed by atoms with E-state index in [2.05, 4.69) is 15.4 Å². The maximum absolute atomic E-state index is 12.2. The molecule has 156 valence electrons. The minimum Gasteiger partial charge on any atom is -0.483 e. The van der Waals surface area contributed by atoms with Crippen LogP contribution in [0.2, 0.25) is 0 Å². The largest absolute Gasteiger partial charge is 0.483 e. The lowest BCUT2D eigenvalue weighted by Crippen LogP contribution is -2.24. The molecule has 0 unspecified atom stereocenters. The van der Waals surface area contributed by atoms with E-state index in [1.807, 2.05) is 6.92 Å².